The standard InChI is InChI=1S/C12H13BrF3NO2/c1-8(6-9-2-4-10(13)5-3-9)17-11(18)19-7-12(14,15)16/h2-5,8H,6-7H2,1H3,(H,17,18). The molecule has 1 rings (SSSR count). The van der Waals surface area contributed by atoms with Gasteiger partial charge >= 0.3 is 12.3 Å². The number of halogens is 4. The Hall–Kier alpha value is -1.24. The van der Waals surface area contributed by atoms with Crippen LogP contribution >= 0.6 is 15.9 Å². The molecule has 19 heavy (non-hydrogen) atoms. The topological polar surface area (TPSA) is 38.3 Å². The number of rotatable bonds is 4. The van der Waals surface area contributed by atoms with Crippen molar-refractivity contribution in [1.29, 1.82) is 0 Å². The molecule has 1 aromatic carbocycles. The maximum atomic E-state index is 11.8. The van der Waals surface area contributed by atoms with E-state index in [-0.39, 0.29) is 6.04 Å². The molecule has 0 radical (unpaired) electrons. The predicted octanol–water partition coefficient (Wildman–Crippen LogP) is 3.67. The van der Waals surface area contributed by atoms with Crippen LogP contribution in [-0.4, -0.2) is 24.9 Å². The van der Waals surface area contributed by atoms with Gasteiger partial charge in [0.2, 0.25) is 0 Å². The zero-order chi connectivity index (χ0) is 14.5. The van der Waals surface area contributed by atoms with Gasteiger partial charge in [-0.2, -0.15) is 13.2 Å². The molecule has 1 aromatic rings. The van der Waals surface area contributed by atoms with Crippen molar-refractivity contribution >= 4 is 22.0 Å². The number of hydrogen-bond acceptors (Lipinski definition) is 2. The Balaban J connectivity index is 2.36. The number of alkyl halides is 3. The van der Waals surface area contributed by atoms with Gasteiger partial charge in [0.05, 0.1) is 0 Å². The van der Waals surface area contributed by atoms with Crippen molar-refractivity contribution in [3.05, 3.63) is 34.3 Å². The van der Waals surface area contributed by atoms with Crippen molar-refractivity contribution in [2.45, 2.75) is 25.6 Å². The number of hydrogen-bond donors (Lipinski definition) is 1. The molecule has 0 bridgehead atoms. The highest BCUT2D eigenvalue weighted by atomic mass is 79.9. The summed E-state index contributed by atoms with van der Waals surface area (Å²) in [6.45, 7) is 0.112. The van der Waals surface area contributed by atoms with E-state index in [1.165, 1.54) is 0 Å². The Labute approximate surface area is 117 Å². The number of ether oxygens (including phenoxy) is 1. The van der Waals surface area contributed by atoms with Crippen molar-refractivity contribution in [3.8, 4) is 0 Å². The van der Waals surface area contributed by atoms with Crippen LogP contribution in [0.4, 0.5) is 18.0 Å². The normalized spacial score (nSPS) is 12.9. The van der Waals surface area contributed by atoms with E-state index in [2.05, 4.69) is 26.0 Å². The van der Waals surface area contributed by atoms with Gasteiger partial charge < -0.3 is 10.1 Å². The van der Waals surface area contributed by atoms with E-state index in [4.69, 9.17) is 0 Å². The number of benzene rings is 1. The summed E-state index contributed by atoms with van der Waals surface area (Å²) in [7, 11) is 0. The van der Waals surface area contributed by atoms with Gasteiger partial charge in [-0.1, -0.05) is 28.1 Å². The predicted molar refractivity (Wildman–Crippen MR) is 67.8 cm³/mol. The molecular formula is C12H13BrF3NO2. The fourth-order valence-electron chi connectivity index (χ4n) is 1.42. The SMILES string of the molecule is CC(Cc1ccc(Br)cc1)NC(=O)OCC(F)(F)F. The maximum Gasteiger partial charge on any atom is 0.422 e. The monoisotopic (exact) mass is 339 g/mol. The van der Waals surface area contributed by atoms with Crippen LogP contribution < -0.4 is 5.32 Å². The van der Waals surface area contributed by atoms with Gasteiger partial charge in [0.15, 0.2) is 6.61 Å². The molecule has 0 aliphatic carbocycles. The first-order valence-electron chi connectivity index (χ1n) is 5.51. The molecule has 0 aliphatic rings. The van der Waals surface area contributed by atoms with Crippen molar-refractivity contribution < 1.29 is 22.7 Å². The number of amides is 1. The van der Waals surface area contributed by atoms with E-state index in [1.807, 2.05) is 24.3 Å². The summed E-state index contributed by atoms with van der Waals surface area (Å²) in [5.41, 5.74) is 0.965. The molecule has 1 amide bonds. The quantitative estimate of drug-likeness (QED) is 0.908. The third-order valence-corrected chi connectivity index (χ3v) is 2.71. The van der Waals surface area contributed by atoms with E-state index >= 15 is 0 Å². The minimum Gasteiger partial charge on any atom is -0.440 e. The number of nitrogens with one attached hydrogen (secondary N) is 1. The molecule has 0 spiro atoms. The lowest BCUT2D eigenvalue weighted by Crippen LogP contribution is -2.36. The molecule has 3 nitrogen and oxygen atoms in total. The van der Waals surface area contributed by atoms with Crippen molar-refractivity contribution in [3.63, 3.8) is 0 Å². The fraction of sp³-hybridized carbons (Fsp3) is 0.417. The average molecular weight is 340 g/mol. The first kappa shape index (κ1) is 15.8. The molecule has 0 aromatic heterocycles. The lowest BCUT2D eigenvalue weighted by molar-refractivity contribution is -0.160. The van der Waals surface area contributed by atoms with E-state index in [9.17, 15) is 18.0 Å². The Bertz CT molecular complexity index is 420. The van der Waals surface area contributed by atoms with Gasteiger partial charge in [0.1, 0.15) is 0 Å². The average Bonchev–Trinajstić information content (AvgIpc) is 2.29. The summed E-state index contributed by atoms with van der Waals surface area (Å²) in [6, 6.07) is 7.11. The van der Waals surface area contributed by atoms with E-state index in [0.717, 1.165) is 10.0 Å². The van der Waals surface area contributed by atoms with Crippen LogP contribution in [0.1, 0.15) is 12.5 Å². The molecule has 0 saturated carbocycles. The first-order chi connectivity index (χ1) is 8.76. The number of carbonyl (C=O) groups is 1. The van der Waals surface area contributed by atoms with Crippen LogP contribution in [0.25, 0.3) is 0 Å². The zero-order valence-electron chi connectivity index (χ0n) is 10.1. The van der Waals surface area contributed by atoms with E-state index in [0.29, 0.717) is 6.42 Å². The molecule has 1 atom stereocenters. The van der Waals surface area contributed by atoms with Gasteiger partial charge in [-0.05, 0) is 31.0 Å². The van der Waals surface area contributed by atoms with Crippen molar-refractivity contribution in [2.24, 2.45) is 0 Å². The Kier molecular flexibility index (Phi) is 5.65. The second-order valence-electron chi connectivity index (χ2n) is 4.07. The van der Waals surface area contributed by atoms with Crippen LogP contribution in [-0.2, 0) is 11.2 Å². The zero-order valence-corrected chi connectivity index (χ0v) is 11.7. The van der Waals surface area contributed by atoms with Crippen LogP contribution in [0.5, 0.6) is 0 Å². The Morgan fingerprint density at radius 3 is 2.47 bits per heavy atom. The van der Waals surface area contributed by atoms with Gasteiger partial charge in [-0.25, -0.2) is 4.79 Å². The summed E-state index contributed by atoms with van der Waals surface area (Å²) >= 11 is 3.29. The third-order valence-electron chi connectivity index (χ3n) is 2.19. The molecule has 0 aliphatic heterocycles. The van der Waals surface area contributed by atoms with Crippen LogP contribution in [0, 0.1) is 0 Å². The minimum absolute atomic E-state index is 0.318. The van der Waals surface area contributed by atoms with Crippen molar-refractivity contribution in [2.75, 3.05) is 6.61 Å². The molecular weight excluding hydrogens is 327 g/mol. The summed E-state index contributed by atoms with van der Waals surface area (Å²) in [5, 5.41) is 2.34. The van der Waals surface area contributed by atoms with Gasteiger partial charge in [-0.15, -0.1) is 0 Å². The van der Waals surface area contributed by atoms with E-state index in [1.54, 1.807) is 6.92 Å². The summed E-state index contributed by atoms with van der Waals surface area (Å²) < 4.78 is 40.5. The summed E-state index contributed by atoms with van der Waals surface area (Å²) in [4.78, 5) is 11.1. The molecule has 0 fully saturated rings. The second kappa shape index (κ2) is 6.79. The highest BCUT2D eigenvalue weighted by Gasteiger charge is 2.29. The molecule has 1 unspecified atom stereocenters. The lowest BCUT2D eigenvalue weighted by Gasteiger charge is -2.14. The largest absolute Gasteiger partial charge is 0.440 e. The molecule has 106 valence electrons. The van der Waals surface area contributed by atoms with Crippen LogP contribution in [0.2, 0.25) is 0 Å². The highest BCUT2D eigenvalue weighted by Crippen LogP contribution is 2.15. The maximum absolute atomic E-state index is 11.8. The highest BCUT2D eigenvalue weighted by molar-refractivity contribution is 9.10. The smallest absolute Gasteiger partial charge is 0.422 e. The van der Waals surface area contributed by atoms with Crippen LogP contribution in [0.15, 0.2) is 28.7 Å². The fourth-order valence-corrected chi connectivity index (χ4v) is 1.68. The summed E-state index contributed by atoms with van der Waals surface area (Å²) in [6.07, 6.45) is -5.07. The molecule has 1 N–H and O–H groups in total. The molecule has 0 saturated heterocycles. The third kappa shape index (κ3) is 7.05. The van der Waals surface area contributed by atoms with Gasteiger partial charge in [0.25, 0.3) is 0 Å². The van der Waals surface area contributed by atoms with Gasteiger partial charge in [0, 0.05) is 10.5 Å². The summed E-state index contributed by atoms with van der Waals surface area (Å²) in [5.74, 6) is 0. The van der Waals surface area contributed by atoms with Crippen molar-refractivity contribution in [1.82, 2.24) is 5.32 Å². The lowest BCUT2D eigenvalue weighted by atomic mass is 10.1. The number of carbonyl (C=O) groups excluding carboxylic acids is 1. The second-order valence-corrected chi connectivity index (χ2v) is 4.98. The van der Waals surface area contributed by atoms with E-state index < -0.39 is 18.9 Å². The molecule has 0 heterocycles. The minimum atomic E-state index is -4.51. The van der Waals surface area contributed by atoms with Crippen LogP contribution in [0.3, 0.4) is 0 Å². The number of alkyl carbamates (subject to hydrolysis) is 1. The molecule has 7 heteroatoms. The Morgan fingerprint density at radius 1 is 1.37 bits per heavy atom. The first-order valence-corrected chi connectivity index (χ1v) is 6.30. The van der Waals surface area contributed by atoms with Gasteiger partial charge in [-0.3, -0.25) is 0 Å². The Morgan fingerprint density at radius 2 is 1.95 bits per heavy atom.